The molecule has 0 bridgehead atoms. The number of hydrogen-bond donors (Lipinski definition) is 0. The molecule has 0 unspecified atom stereocenters. The molecule has 0 N–H and O–H groups in total. The number of ketones is 2. The van der Waals surface area contributed by atoms with Gasteiger partial charge in [-0.3, -0.25) is 4.79 Å². The zero-order valence-corrected chi connectivity index (χ0v) is 27.1. The standard InChI is InChI=1S/C21H42N2O.C10H20O.C2H6/c1-8-10-12-20(24)14-18-23(17-11-16-22(6)7)19(3)13-15-21(4,5)9-2;1-3-4-5-6-7-8-9-10(2)11;1-2/h3,8-18H2,1-2,4-7H3;3-9H2,1-2H3;1-2H3. The minimum absolute atomic E-state index is 0.334. The summed E-state index contributed by atoms with van der Waals surface area (Å²) >= 11 is 0. The SMILES string of the molecule is C=C(CCC(C)(C)CC)N(CCCN(C)C)CCC(=O)CCCC.CC.CCCCCCCCC(C)=O. The Labute approximate surface area is 234 Å². The van der Waals surface area contributed by atoms with Gasteiger partial charge in [-0.15, -0.1) is 0 Å². The van der Waals surface area contributed by atoms with Crippen molar-refractivity contribution in [1.29, 1.82) is 0 Å². The topological polar surface area (TPSA) is 40.6 Å². The highest BCUT2D eigenvalue weighted by atomic mass is 16.1. The fraction of sp³-hybridized carbons (Fsp3) is 0.879. The summed E-state index contributed by atoms with van der Waals surface area (Å²) in [5, 5.41) is 0. The van der Waals surface area contributed by atoms with Crippen LogP contribution in [0.5, 0.6) is 0 Å². The number of carbonyl (C=O) groups is 2. The van der Waals surface area contributed by atoms with Crippen molar-refractivity contribution in [1.82, 2.24) is 9.80 Å². The lowest BCUT2D eigenvalue weighted by Gasteiger charge is -2.30. The second-order valence-electron chi connectivity index (χ2n) is 11.3. The first-order chi connectivity index (χ1) is 17.5. The predicted octanol–water partition coefficient (Wildman–Crippen LogP) is 9.47. The smallest absolute Gasteiger partial charge is 0.134 e. The highest BCUT2D eigenvalue weighted by Crippen LogP contribution is 2.28. The predicted molar refractivity (Wildman–Crippen MR) is 166 cm³/mol. The molecule has 4 nitrogen and oxygen atoms in total. The van der Waals surface area contributed by atoms with Gasteiger partial charge in [0.1, 0.15) is 11.6 Å². The molecule has 0 aromatic carbocycles. The van der Waals surface area contributed by atoms with Crippen molar-refractivity contribution in [2.75, 3.05) is 33.7 Å². The van der Waals surface area contributed by atoms with Gasteiger partial charge in [-0.2, -0.15) is 0 Å². The van der Waals surface area contributed by atoms with Crippen LogP contribution in [0.3, 0.4) is 0 Å². The van der Waals surface area contributed by atoms with Gasteiger partial charge in [-0.1, -0.05) is 100.0 Å². The van der Waals surface area contributed by atoms with Crippen LogP contribution in [0, 0.1) is 5.41 Å². The van der Waals surface area contributed by atoms with E-state index in [0.29, 0.717) is 23.4 Å². The van der Waals surface area contributed by atoms with Crippen molar-refractivity contribution in [2.45, 2.75) is 152 Å². The molecule has 0 atom stereocenters. The van der Waals surface area contributed by atoms with E-state index in [1.165, 1.54) is 44.2 Å². The Balaban J connectivity index is -0.000000742. The van der Waals surface area contributed by atoms with E-state index in [4.69, 9.17) is 0 Å². The molecule has 0 saturated heterocycles. The molecule has 37 heavy (non-hydrogen) atoms. The Morgan fingerprint density at radius 2 is 1.27 bits per heavy atom. The summed E-state index contributed by atoms with van der Waals surface area (Å²) in [6, 6.07) is 0. The Hall–Kier alpha value is -1.16. The van der Waals surface area contributed by atoms with E-state index in [0.717, 1.165) is 71.0 Å². The molecule has 0 aliphatic heterocycles. The Morgan fingerprint density at radius 3 is 1.78 bits per heavy atom. The molecule has 0 heterocycles. The zero-order chi connectivity index (χ0) is 29.1. The van der Waals surface area contributed by atoms with Gasteiger partial charge in [-0.25, -0.2) is 0 Å². The molecule has 0 aromatic heterocycles. The van der Waals surface area contributed by atoms with Gasteiger partial charge < -0.3 is 14.6 Å². The van der Waals surface area contributed by atoms with E-state index in [1.807, 2.05) is 13.8 Å². The third kappa shape index (κ3) is 31.0. The molecule has 222 valence electrons. The molecule has 0 radical (unpaired) electrons. The molecule has 0 spiro atoms. The number of allylic oxidation sites excluding steroid dienone is 1. The van der Waals surface area contributed by atoms with Crippen molar-refractivity contribution in [3.05, 3.63) is 12.3 Å². The van der Waals surface area contributed by atoms with Gasteiger partial charge in [0.2, 0.25) is 0 Å². The van der Waals surface area contributed by atoms with Crippen LogP contribution in [0.2, 0.25) is 0 Å². The second-order valence-corrected chi connectivity index (χ2v) is 11.3. The summed E-state index contributed by atoms with van der Waals surface area (Å²) in [5.74, 6) is 0.733. The molecule has 0 aromatic rings. The average Bonchev–Trinajstić information content (AvgIpc) is 2.86. The highest BCUT2D eigenvalue weighted by Gasteiger charge is 2.17. The summed E-state index contributed by atoms with van der Waals surface area (Å²) in [7, 11) is 4.22. The van der Waals surface area contributed by atoms with E-state index >= 15 is 0 Å². The maximum absolute atomic E-state index is 12.0. The van der Waals surface area contributed by atoms with Gasteiger partial charge in [0.15, 0.2) is 0 Å². The number of rotatable bonds is 22. The lowest BCUT2D eigenvalue weighted by molar-refractivity contribution is -0.119. The minimum atomic E-state index is 0.334. The van der Waals surface area contributed by atoms with Gasteiger partial charge >= 0.3 is 0 Å². The van der Waals surface area contributed by atoms with Crippen LogP contribution in [0.1, 0.15) is 152 Å². The average molecular weight is 525 g/mol. The van der Waals surface area contributed by atoms with Crippen LogP contribution in [0.25, 0.3) is 0 Å². The first kappa shape index (κ1) is 40.3. The quantitative estimate of drug-likeness (QED) is 0.132. The van der Waals surface area contributed by atoms with Crippen LogP contribution < -0.4 is 0 Å². The zero-order valence-electron chi connectivity index (χ0n) is 27.1. The van der Waals surface area contributed by atoms with Gasteiger partial charge in [0.25, 0.3) is 0 Å². The largest absolute Gasteiger partial charge is 0.375 e. The van der Waals surface area contributed by atoms with Crippen molar-refractivity contribution < 1.29 is 9.59 Å². The maximum atomic E-state index is 12.0. The monoisotopic (exact) mass is 525 g/mol. The van der Waals surface area contributed by atoms with Crippen LogP contribution in [-0.2, 0) is 9.59 Å². The lowest BCUT2D eigenvalue weighted by Crippen LogP contribution is -2.29. The van der Waals surface area contributed by atoms with Gasteiger partial charge in [0, 0.05) is 38.0 Å². The van der Waals surface area contributed by atoms with E-state index < -0.39 is 0 Å². The van der Waals surface area contributed by atoms with Crippen LogP contribution in [0.4, 0.5) is 0 Å². The third-order valence-electron chi connectivity index (χ3n) is 6.88. The second kappa shape index (κ2) is 27.9. The molecule has 0 aliphatic rings. The molecule has 4 heteroatoms. The van der Waals surface area contributed by atoms with Crippen LogP contribution in [-0.4, -0.2) is 55.1 Å². The van der Waals surface area contributed by atoms with Gasteiger partial charge in [0.05, 0.1) is 0 Å². The number of nitrogens with zero attached hydrogens (tertiary/aromatic N) is 2. The normalized spacial score (nSPS) is 10.8. The van der Waals surface area contributed by atoms with E-state index in [1.54, 1.807) is 6.92 Å². The fourth-order valence-electron chi connectivity index (χ4n) is 3.74. The Morgan fingerprint density at radius 1 is 0.703 bits per heavy atom. The summed E-state index contributed by atoms with van der Waals surface area (Å²) in [4.78, 5) is 27.1. The van der Waals surface area contributed by atoms with E-state index in [2.05, 4.69) is 65.1 Å². The Bertz CT molecular complexity index is 540. The molecule has 0 saturated carbocycles. The highest BCUT2D eigenvalue weighted by molar-refractivity contribution is 5.78. The van der Waals surface area contributed by atoms with Crippen molar-refractivity contribution in [3.8, 4) is 0 Å². The fourth-order valence-corrected chi connectivity index (χ4v) is 3.74. The number of hydrogen-bond acceptors (Lipinski definition) is 4. The summed E-state index contributed by atoms with van der Waals surface area (Å²) in [6.45, 7) is 24.2. The van der Waals surface area contributed by atoms with Crippen LogP contribution >= 0.6 is 0 Å². The molecule has 0 aliphatic carbocycles. The first-order valence-electron chi connectivity index (χ1n) is 15.6. The van der Waals surface area contributed by atoms with Crippen molar-refractivity contribution >= 4 is 11.6 Å². The van der Waals surface area contributed by atoms with Crippen molar-refractivity contribution in [2.24, 2.45) is 5.41 Å². The number of carbonyl (C=O) groups excluding carboxylic acids is 2. The summed E-state index contributed by atoms with van der Waals surface area (Å²) in [5.41, 5.74) is 1.58. The number of Topliss-reactive ketones (excluding diaryl/α,β-unsaturated/α-hetero) is 2. The lowest BCUT2D eigenvalue weighted by atomic mass is 9.84. The summed E-state index contributed by atoms with van der Waals surface area (Å²) in [6.07, 6.45) is 16.4. The molecule has 0 rings (SSSR count). The molecule has 0 amide bonds. The van der Waals surface area contributed by atoms with E-state index in [9.17, 15) is 9.59 Å². The van der Waals surface area contributed by atoms with Crippen molar-refractivity contribution in [3.63, 3.8) is 0 Å². The van der Waals surface area contributed by atoms with Crippen LogP contribution in [0.15, 0.2) is 12.3 Å². The van der Waals surface area contributed by atoms with E-state index in [-0.39, 0.29) is 0 Å². The first-order valence-corrected chi connectivity index (χ1v) is 15.6. The maximum Gasteiger partial charge on any atom is 0.134 e. The Kier molecular flexibility index (Phi) is 30.4. The third-order valence-corrected chi connectivity index (χ3v) is 6.88. The number of unbranched alkanes of at least 4 members (excludes halogenated alkanes) is 6. The minimum Gasteiger partial charge on any atom is -0.375 e. The molecular weight excluding hydrogens is 456 g/mol. The summed E-state index contributed by atoms with van der Waals surface area (Å²) < 4.78 is 0. The van der Waals surface area contributed by atoms with Gasteiger partial charge in [-0.05, 0) is 65.1 Å². The molecule has 0 fully saturated rings. The molecular formula is C33H68N2O2.